The molecule has 0 N–H and O–H groups in total. The molecule has 0 aliphatic rings. The Labute approximate surface area is 92.0 Å². The Balaban J connectivity index is 4.94. The molecule has 0 heterocycles. The second-order valence-corrected chi connectivity index (χ2v) is 2.85. The van der Waals surface area contributed by atoms with Crippen molar-refractivity contribution in [3.63, 3.8) is 0 Å². The molecule has 1 unspecified atom stereocenters. The third kappa shape index (κ3) is 3.48. The molecule has 0 bridgehead atoms. The highest BCUT2D eigenvalue weighted by atomic mass is 19.4. The smallest absolute Gasteiger partial charge is 0.462 e. The summed E-state index contributed by atoms with van der Waals surface area (Å²) in [5.41, 5.74) is 0. The molecule has 2 nitrogen and oxygen atoms in total. The number of hydrogen-bond acceptors (Lipinski definition) is 2. The zero-order valence-corrected chi connectivity index (χ0v) is 8.53. The number of alkyl halides is 7. The first-order valence-electron chi connectivity index (χ1n) is 4.26. The summed E-state index contributed by atoms with van der Waals surface area (Å²) >= 11 is 0. The highest BCUT2D eigenvalue weighted by Gasteiger charge is 2.75. The molecule has 1 atom stereocenters. The molecule has 0 aliphatic carbocycles. The Hall–Kier alpha value is -0.990. The first-order valence-corrected chi connectivity index (χ1v) is 4.26. The van der Waals surface area contributed by atoms with Crippen molar-refractivity contribution in [2.24, 2.45) is 0 Å². The molecule has 102 valence electrons. The van der Waals surface area contributed by atoms with Gasteiger partial charge >= 0.3 is 18.2 Å². The molecule has 0 saturated carbocycles. The van der Waals surface area contributed by atoms with E-state index < -0.39 is 24.5 Å². The van der Waals surface area contributed by atoms with Crippen molar-refractivity contribution in [1.29, 1.82) is 0 Å². The molecular formula is C8H9F7O2. The summed E-state index contributed by atoms with van der Waals surface area (Å²) in [6, 6.07) is 0. The average Bonchev–Trinajstić information content (AvgIpc) is 2.14. The summed E-state index contributed by atoms with van der Waals surface area (Å²) in [5.74, 6) is -6.31. The van der Waals surface area contributed by atoms with Crippen molar-refractivity contribution in [2.45, 2.75) is 37.8 Å². The molecule has 0 saturated heterocycles. The molecule has 0 aromatic heterocycles. The SMILES string of the molecule is C=COC(CC)OC(F)(F)C(F)(F)C(F)(F)F. The third-order valence-corrected chi connectivity index (χ3v) is 1.58. The Morgan fingerprint density at radius 2 is 1.59 bits per heavy atom. The largest absolute Gasteiger partial charge is 0.473 e. The summed E-state index contributed by atoms with van der Waals surface area (Å²) in [6.07, 6.45) is -13.9. The van der Waals surface area contributed by atoms with Gasteiger partial charge in [0.25, 0.3) is 0 Å². The normalized spacial score (nSPS) is 15.5. The molecule has 0 amide bonds. The zero-order valence-electron chi connectivity index (χ0n) is 8.53. The molecule has 0 aromatic rings. The van der Waals surface area contributed by atoms with E-state index in [4.69, 9.17) is 0 Å². The van der Waals surface area contributed by atoms with Crippen molar-refractivity contribution in [1.82, 2.24) is 0 Å². The Kier molecular flexibility index (Phi) is 4.81. The minimum atomic E-state index is -6.43. The quantitative estimate of drug-likeness (QED) is 0.416. The fraction of sp³-hybridized carbons (Fsp3) is 0.750. The lowest BCUT2D eigenvalue weighted by Gasteiger charge is -2.30. The van der Waals surface area contributed by atoms with E-state index in [-0.39, 0.29) is 6.42 Å². The maximum atomic E-state index is 12.7. The van der Waals surface area contributed by atoms with Crippen molar-refractivity contribution in [3.8, 4) is 0 Å². The lowest BCUT2D eigenvalue weighted by Crippen LogP contribution is -2.54. The molecule has 0 radical (unpaired) electrons. The van der Waals surface area contributed by atoms with Crippen LogP contribution in [0.1, 0.15) is 13.3 Å². The van der Waals surface area contributed by atoms with Gasteiger partial charge in [0.2, 0.25) is 6.29 Å². The van der Waals surface area contributed by atoms with E-state index in [1.807, 2.05) is 0 Å². The highest BCUT2D eigenvalue weighted by molar-refractivity contribution is 4.85. The molecule has 0 spiro atoms. The van der Waals surface area contributed by atoms with E-state index in [2.05, 4.69) is 16.1 Å². The topological polar surface area (TPSA) is 18.5 Å². The van der Waals surface area contributed by atoms with Gasteiger partial charge in [-0.25, -0.2) is 0 Å². The van der Waals surface area contributed by atoms with Crippen molar-refractivity contribution < 1.29 is 40.2 Å². The summed E-state index contributed by atoms with van der Waals surface area (Å²) in [7, 11) is 0. The van der Waals surface area contributed by atoms with Crippen LogP contribution in [0.5, 0.6) is 0 Å². The van der Waals surface area contributed by atoms with Gasteiger partial charge in [-0.2, -0.15) is 30.7 Å². The standard InChI is InChI=1S/C8H9F7O2/c1-3-5(16-4-2)17-8(14,15)6(9,10)7(11,12)13/h4-5H,2-3H2,1H3. The van der Waals surface area contributed by atoms with E-state index in [1.54, 1.807) is 0 Å². The molecular weight excluding hydrogens is 261 g/mol. The van der Waals surface area contributed by atoms with Crippen molar-refractivity contribution in [3.05, 3.63) is 12.8 Å². The van der Waals surface area contributed by atoms with E-state index in [9.17, 15) is 30.7 Å². The van der Waals surface area contributed by atoms with Gasteiger partial charge in [-0.3, -0.25) is 4.74 Å². The average molecular weight is 270 g/mol. The van der Waals surface area contributed by atoms with E-state index in [0.29, 0.717) is 6.26 Å². The Bertz CT molecular complexity index is 261. The number of hydrogen-bond donors (Lipinski definition) is 0. The van der Waals surface area contributed by atoms with E-state index in [1.165, 1.54) is 6.92 Å². The lowest BCUT2D eigenvalue weighted by atomic mass is 10.3. The first kappa shape index (κ1) is 16.0. The maximum absolute atomic E-state index is 12.7. The van der Waals surface area contributed by atoms with Gasteiger partial charge < -0.3 is 4.74 Å². The monoisotopic (exact) mass is 270 g/mol. The third-order valence-electron chi connectivity index (χ3n) is 1.58. The Morgan fingerprint density at radius 1 is 1.12 bits per heavy atom. The number of rotatable bonds is 6. The Morgan fingerprint density at radius 3 is 1.88 bits per heavy atom. The van der Waals surface area contributed by atoms with E-state index in [0.717, 1.165) is 0 Å². The van der Waals surface area contributed by atoms with Gasteiger partial charge in [-0.1, -0.05) is 13.5 Å². The van der Waals surface area contributed by atoms with Crippen LogP contribution in [0.4, 0.5) is 30.7 Å². The van der Waals surface area contributed by atoms with Gasteiger partial charge in [0.15, 0.2) is 0 Å². The fourth-order valence-electron chi connectivity index (χ4n) is 0.719. The number of ether oxygens (including phenoxy) is 2. The second-order valence-electron chi connectivity index (χ2n) is 2.85. The van der Waals surface area contributed by atoms with Crippen LogP contribution in [-0.4, -0.2) is 24.5 Å². The van der Waals surface area contributed by atoms with Crippen LogP contribution >= 0.6 is 0 Å². The van der Waals surface area contributed by atoms with Gasteiger partial charge in [0.1, 0.15) is 0 Å². The van der Waals surface area contributed by atoms with Gasteiger partial charge in [0, 0.05) is 6.42 Å². The minimum absolute atomic E-state index is 0.366. The van der Waals surface area contributed by atoms with Crippen LogP contribution in [0.15, 0.2) is 12.8 Å². The highest BCUT2D eigenvalue weighted by Crippen LogP contribution is 2.47. The molecule has 0 rings (SSSR count). The van der Waals surface area contributed by atoms with E-state index >= 15 is 0 Å². The van der Waals surface area contributed by atoms with Gasteiger partial charge in [0.05, 0.1) is 6.26 Å². The predicted octanol–water partition coefficient (Wildman–Crippen LogP) is 3.69. The molecule has 9 heteroatoms. The summed E-state index contributed by atoms with van der Waals surface area (Å²) in [4.78, 5) is 0. The predicted molar refractivity (Wildman–Crippen MR) is 42.4 cm³/mol. The molecule has 0 aliphatic heterocycles. The lowest BCUT2D eigenvalue weighted by molar-refractivity contribution is -0.444. The van der Waals surface area contributed by atoms with Crippen LogP contribution in [0.3, 0.4) is 0 Å². The fourth-order valence-corrected chi connectivity index (χ4v) is 0.719. The maximum Gasteiger partial charge on any atom is 0.462 e. The summed E-state index contributed by atoms with van der Waals surface area (Å²) in [5, 5.41) is 0. The number of halogens is 7. The van der Waals surface area contributed by atoms with Crippen LogP contribution < -0.4 is 0 Å². The summed E-state index contributed by atoms with van der Waals surface area (Å²) < 4.78 is 92.6. The molecule has 0 fully saturated rings. The van der Waals surface area contributed by atoms with Crippen molar-refractivity contribution >= 4 is 0 Å². The minimum Gasteiger partial charge on any atom is -0.473 e. The van der Waals surface area contributed by atoms with Crippen molar-refractivity contribution in [2.75, 3.05) is 0 Å². The molecule has 0 aromatic carbocycles. The van der Waals surface area contributed by atoms with Gasteiger partial charge in [-0.05, 0) is 0 Å². The van der Waals surface area contributed by atoms with Gasteiger partial charge in [-0.15, -0.1) is 0 Å². The van der Waals surface area contributed by atoms with Crippen LogP contribution in [0.2, 0.25) is 0 Å². The van der Waals surface area contributed by atoms with Crippen LogP contribution in [-0.2, 0) is 9.47 Å². The van der Waals surface area contributed by atoms with Crippen LogP contribution in [0.25, 0.3) is 0 Å². The summed E-state index contributed by atoms with van der Waals surface area (Å²) in [6.45, 7) is 4.12. The first-order chi connectivity index (χ1) is 7.49. The zero-order chi connectivity index (χ0) is 13.9. The molecule has 17 heavy (non-hydrogen) atoms. The second kappa shape index (κ2) is 5.11. The van der Waals surface area contributed by atoms with Crippen LogP contribution in [0, 0.1) is 0 Å².